The standard InChI is InChI=1S/C37H47N3O6S3/c1-28(47)38-29-21-22-33-31(27-29)37(4,5)35(40(33)24-14-16-26-49(42,43)44)20-10-8-6-7-9-19-34-36(2,3)30-17-11-12-18-32(30)39(34)23-13-15-25-48-46-45-41/h6-12,17-22,27H,13-16,23-26H2,1-5H3,(H2-,38,41,42,43,44,47)/p+1. The van der Waals surface area contributed by atoms with Gasteiger partial charge in [-0.05, 0) is 69.9 Å². The summed E-state index contributed by atoms with van der Waals surface area (Å²) in [5.74, 6) is 0.470. The third kappa shape index (κ3) is 10.0. The van der Waals surface area contributed by atoms with E-state index in [1.807, 2.05) is 37.3 Å². The SMILES string of the molecule is CC(=S)Nc1ccc2c(c1)C(C)(C)\C(=C/C=C/C=C/C=C/C1=[N+](CCCCSOOO)c3ccccc3C1(C)C)N2CCCCS(=O)(=O)O. The molecule has 12 heteroatoms. The molecule has 0 saturated heterocycles. The normalized spacial score (nSPS) is 17.6. The van der Waals surface area contributed by atoms with Crippen LogP contribution in [0.5, 0.6) is 0 Å². The van der Waals surface area contributed by atoms with Crippen molar-refractivity contribution >= 4 is 62.1 Å². The molecule has 264 valence electrons. The second-order valence-electron chi connectivity index (χ2n) is 13.2. The molecule has 0 atom stereocenters. The fraction of sp³-hybridized carbons (Fsp3) is 0.405. The molecule has 0 saturated carbocycles. The highest BCUT2D eigenvalue weighted by Gasteiger charge is 2.44. The molecule has 0 aliphatic carbocycles. The van der Waals surface area contributed by atoms with Crippen molar-refractivity contribution in [2.24, 2.45) is 0 Å². The second-order valence-corrected chi connectivity index (χ2v) is 16.2. The van der Waals surface area contributed by atoms with Gasteiger partial charge in [-0.3, -0.25) is 4.55 Å². The van der Waals surface area contributed by atoms with Crippen LogP contribution in [0.15, 0.2) is 90.7 Å². The number of hydrogen-bond donors (Lipinski definition) is 3. The molecule has 0 fully saturated rings. The van der Waals surface area contributed by atoms with Crippen LogP contribution in [0.1, 0.15) is 71.4 Å². The lowest BCUT2D eigenvalue weighted by Crippen LogP contribution is -2.27. The molecule has 3 N–H and O–H groups in total. The van der Waals surface area contributed by atoms with Crippen molar-refractivity contribution in [3.63, 3.8) is 0 Å². The average molecular weight is 727 g/mol. The van der Waals surface area contributed by atoms with Crippen molar-refractivity contribution in [3.05, 3.63) is 102 Å². The van der Waals surface area contributed by atoms with E-state index < -0.39 is 10.1 Å². The Kier molecular flexibility index (Phi) is 13.6. The Hall–Kier alpha value is -3.10. The zero-order valence-corrected chi connectivity index (χ0v) is 31.3. The van der Waals surface area contributed by atoms with E-state index in [1.165, 1.54) is 17.0 Å². The van der Waals surface area contributed by atoms with Gasteiger partial charge in [0, 0.05) is 71.0 Å². The van der Waals surface area contributed by atoms with Crippen LogP contribution in [0.4, 0.5) is 17.1 Å². The first-order valence-electron chi connectivity index (χ1n) is 16.5. The van der Waals surface area contributed by atoms with E-state index in [-0.39, 0.29) is 16.6 Å². The van der Waals surface area contributed by atoms with E-state index in [0.717, 1.165) is 59.8 Å². The van der Waals surface area contributed by atoms with Crippen molar-refractivity contribution in [3.8, 4) is 0 Å². The van der Waals surface area contributed by atoms with Crippen molar-refractivity contribution in [2.75, 3.05) is 34.8 Å². The van der Waals surface area contributed by atoms with E-state index in [2.05, 4.69) is 106 Å². The van der Waals surface area contributed by atoms with E-state index in [9.17, 15) is 13.0 Å². The Morgan fingerprint density at radius 3 is 2.45 bits per heavy atom. The van der Waals surface area contributed by atoms with Crippen molar-refractivity contribution < 1.29 is 32.2 Å². The van der Waals surface area contributed by atoms with Crippen LogP contribution in [-0.2, 0) is 30.3 Å². The Morgan fingerprint density at radius 2 is 1.71 bits per heavy atom. The molecule has 2 aliphatic heterocycles. The molecule has 0 radical (unpaired) electrons. The lowest BCUT2D eigenvalue weighted by atomic mass is 9.81. The highest BCUT2D eigenvalue weighted by Crippen LogP contribution is 2.49. The number of allylic oxidation sites excluding steroid dienone is 8. The van der Waals surface area contributed by atoms with Gasteiger partial charge < -0.3 is 10.2 Å². The summed E-state index contributed by atoms with van der Waals surface area (Å²) in [6.45, 7) is 12.2. The Balaban J connectivity index is 1.51. The van der Waals surface area contributed by atoms with Gasteiger partial charge >= 0.3 is 0 Å². The fourth-order valence-electron chi connectivity index (χ4n) is 6.61. The second kappa shape index (κ2) is 17.2. The summed E-state index contributed by atoms with van der Waals surface area (Å²) in [5, 5.41) is 15.3. The van der Waals surface area contributed by atoms with E-state index in [1.54, 1.807) is 0 Å². The molecule has 2 aromatic carbocycles. The summed E-state index contributed by atoms with van der Waals surface area (Å²) < 4.78 is 38.7. The summed E-state index contributed by atoms with van der Waals surface area (Å²) in [6.07, 6.45) is 17.4. The molecular weight excluding hydrogens is 679 g/mol. The number of unbranched alkanes of at least 4 members (excludes halogenated alkanes) is 2. The minimum absolute atomic E-state index is 0.144. The van der Waals surface area contributed by atoms with Crippen molar-refractivity contribution in [1.82, 2.24) is 0 Å². The number of para-hydroxylation sites is 1. The third-order valence-electron chi connectivity index (χ3n) is 8.94. The number of nitrogens with one attached hydrogen (secondary N) is 1. The van der Waals surface area contributed by atoms with Gasteiger partial charge in [0.2, 0.25) is 5.69 Å². The molecule has 2 aliphatic rings. The molecule has 0 aromatic heterocycles. The molecule has 0 spiro atoms. The molecule has 2 aromatic rings. The van der Waals surface area contributed by atoms with Gasteiger partial charge in [-0.15, -0.1) is 4.33 Å². The minimum Gasteiger partial charge on any atom is -0.350 e. The monoisotopic (exact) mass is 726 g/mol. The molecular formula is C37H48N3O6S3+. The number of fused-ring (bicyclic) bond motifs is 2. The lowest BCUT2D eigenvalue weighted by molar-refractivity contribution is -0.438. The van der Waals surface area contributed by atoms with Crippen LogP contribution in [-0.4, -0.2) is 58.1 Å². The first-order valence-corrected chi connectivity index (χ1v) is 19.4. The van der Waals surface area contributed by atoms with Crippen molar-refractivity contribution in [1.29, 1.82) is 0 Å². The Bertz CT molecular complexity index is 1760. The average Bonchev–Trinajstić information content (AvgIpc) is 3.38. The third-order valence-corrected chi connectivity index (χ3v) is 10.5. The van der Waals surface area contributed by atoms with Gasteiger partial charge in [0.15, 0.2) is 5.71 Å². The van der Waals surface area contributed by atoms with Crippen LogP contribution in [0.25, 0.3) is 0 Å². The first-order chi connectivity index (χ1) is 23.3. The summed E-state index contributed by atoms with van der Waals surface area (Å²) in [4.78, 5) is 2.94. The lowest BCUT2D eigenvalue weighted by Gasteiger charge is -2.27. The zero-order chi connectivity index (χ0) is 35.7. The molecule has 2 heterocycles. The summed E-state index contributed by atoms with van der Waals surface area (Å²) in [5.41, 5.74) is 7.61. The fourth-order valence-corrected chi connectivity index (χ4v) is 7.73. The van der Waals surface area contributed by atoms with Crippen LogP contribution < -0.4 is 10.2 Å². The van der Waals surface area contributed by atoms with Gasteiger partial charge in [-0.2, -0.15) is 13.0 Å². The van der Waals surface area contributed by atoms with Crippen molar-refractivity contribution in [2.45, 2.75) is 71.1 Å². The quantitative estimate of drug-likeness (QED) is 0.0214. The summed E-state index contributed by atoms with van der Waals surface area (Å²) in [7, 11) is -3.99. The van der Waals surface area contributed by atoms with Gasteiger partial charge in [0.25, 0.3) is 10.1 Å². The zero-order valence-electron chi connectivity index (χ0n) is 28.9. The topological polar surface area (TPSA) is 111 Å². The van der Waals surface area contributed by atoms with Crippen LogP contribution >= 0.6 is 24.3 Å². The summed E-state index contributed by atoms with van der Waals surface area (Å²) in [6, 6.07) is 14.8. The molecule has 0 bridgehead atoms. The number of hydrogen-bond acceptors (Lipinski definition) is 8. The van der Waals surface area contributed by atoms with E-state index >= 15 is 0 Å². The maximum atomic E-state index is 11.3. The maximum absolute atomic E-state index is 11.3. The molecule has 0 amide bonds. The summed E-state index contributed by atoms with van der Waals surface area (Å²) >= 11 is 6.36. The predicted octanol–water partition coefficient (Wildman–Crippen LogP) is 8.69. The van der Waals surface area contributed by atoms with Crippen LogP contribution in [0.3, 0.4) is 0 Å². The minimum atomic E-state index is -3.99. The molecule has 49 heavy (non-hydrogen) atoms. The van der Waals surface area contributed by atoms with Gasteiger partial charge in [-0.25, -0.2) is 5.26 Å². The first kappa shape index (κ1) is 38.7. The highest BCUT2D eigenvalue weighted by atomic mass is 32.2. The highest BCUT2D eigenvalue weighted by molar-refractivity contribution is 7.94. The predicted molar refractivity (Wildman–Crippen MR) is 206 cm³/mol. The smallest absolute Gasteiger partial charge is 0.264 e. The van der Waals surface area contributed by atoms with E-state index in [0.29, 0.717) is 24.4 Å². The number of benzene rings is 2. The number of thiocarbonyl (C=S) groups is 1. The number of rotatable bonds is 17. The molecule has 9 nitrogen and oxygen atoms in total. The Morgan fingerprint density at radius 1 is 0.980 bits per heavy atom. The number of anilines is 2. The van der Waals surface area contributed by atoms with Gasteiger partial charge in [0.1, 0.15) is 6.54 Å². The Labute approximate surface area is 300 Å². The largest absolute Gasteiger partial charge is 0.350 e. The van der Waals surface area contributed by atoms with Gasteiger partial charge in [0.05, 0.1) is 16.2 Å². The number of nitrogens with zero attached hydrogens (tertiary/aromatic N) is 2. The van der Waals surface area contributed by atoms with Gasteiger partial charge in [-0.1, -0.05) is 79.7 Å². The van der Waals surface area contributed by atoms with Crippen LogP contribution in [0.2, 0.25) is 0 Å². The maximum Gasteiger partial charge on any atom is 0.264 e. The van der Waals surface area contributed by atoms with Crippen LogP contribution in [0, 0.1) is 0 Å². The molecule has 0 unspecified atom stereocenters. The van der Waals surface area contributed by atoms with E-state index in [4.69, 9.17) is 17.5 Å². The molecule has 4 rings (SSSR count).